The zero-order valence-corrected chi connectivity index (χ0v) is 13.9. The fraction of sp³-hybridized carbons (Fsp3) is 0.235. The van der Waals surface area contributed by atoms with Crippen LogP contribution in [0.2, 0.25) is 0 Å². The second-order valence-corrected chi connectivity index (χ2v) is 6.57. The van der Waals surface area contributed by atoms with Crippen LogP contribution < -0.4 is 5.32 Å². The van der Waals surface area contributed by atoms with Gasteiger partial charge in [-0.1, -0.05) is 0 Å². The molecular formula is C17H14BrN5. The van der Waals surface area contributed by atoms with E-state index in [0.717, 1.165) is 21.6 Å². The Hall–Kier alpha value is -2.39. The lowest BCUT2D eigenvalue weighted by atomic mass is 10.1. The number of nitrogens with zero attached hydrogens (tertiary/aromatic N) is 4. The second-order valence-electron chi connectivity index (χ2n) is 5.76. The van der Waals surface area contributed by atoms with Crippen LogP contribution in [0.3, 0.4) is 0 Å². The van der Waals surface area contributed by atoms with E-state index in [9.17, 15) is 5.26 Å². The number of nitriles is 1. The number of anilines is 1. The van der Waals surface area contributed by atoms with Crippen LogP contribution in [-0.4, -0.2) is 14.4 Å². The van der Waals surface area contributed by atoms with Gasteiger partial charge in [0.2, 0.25) is 0 Å². The summed E-state index contributed by atoms with van der Waals surface area (Å²) in [6.07, 6.45) is 8.28. The molecule has 4 rings (SSSR count). The Morgan fingerprint density at radius 2 is 2.22 bits per heavy atom. The van der Waals surface area contributed by atoms with E-state index in [1.54, 1.807) is 6.20 Å². The van der Waals surface area contributed by atoms with Gasteiger partial charge < -0.3 is 9.72 Å². The van der Waals surface area contributed by atoms with Crippen molar-refractivity contribution in [1.82, 2.24) is 14.4 Å². The van der Waals surface area contributed by atoms with Crippen molar-refractivity contribution in [2.24, 2.45) is 0 Å². The number of aromatic nitrogens is 3. The van der Waals surface area contributed by atoms with Crippen LogP contribution in [0.25, 0.3) is 5.65 Å². The molecule has 3 heterocycles. The first-order valence-corrected chi connectivity index (χ1v) is 8.29. The lowest BCUT2D eigenvalue weighted by molar-refractivity contribution is 1.05. The molecule has 0 aliphatic heterocycles. The van der Waals surface area contributed by atoms with Crippen LogP contribution in [0.5, 0.6) is 0 Å². The third kappa shape index (κ3) is 2.92. The van der Waals surface area contributed by atoms with Crippen LogP contribution in [0, 0.1) is 11.3 Å². The summed E-state index contributed by atoms with van der Waals surface area (Å²) in [6.45, 7) is 0.599. The molecule has 23 heavy (non-hydrogen) atoms. The molecular weight excluding hydrogens is 354 g/mol. The summed E-state index contributed by atoms with van der Waals surface area (Å²) in [6, 6.07) is 8.08. The summed E-state index contributed by atoms with van der Waals surface area (Å²) >= 11 is 3.36. The molecule has 1 saturated carbocycles. The van der Waals surface area contributed by atoms with Crippen molar-refractivity contribution in [2.75, 3.05) is 5.32 Å². The maximum Gasteiger partial charge on any atom is 0.155 e. The lowest BCUT2D eigenvalue weighted by Crippen LogP contribution is -1.99. The third-order valence-corrected chi connectivity index (χ3v) is 4.43. The molecule has 6 heteroatoms. The highest BCUT2D eigenvalue weighted by Gasteiger charge is 2.25. The van der Waals surface area contributed by atoms with Gasteiger partial charge in [0.1, 0.15) is 10.7 Å². The van der Waals surface area contributed by atoms with Crippen molar-refractivity contribution < 1.29 is 0 Å². The average molecular weight is 368 g/mol. The molecule has 0 spiro atoms. The molecule has 1 aliphatic rings. The molecule has 1 N–H and O–H groups in total. The van der Waals surface area contributed by atoms with Crippen molar-refractivity contribution in [3.05, 3.63) is 58.2 Å². The van der Waals surface area contributed by atoms with Crippen molar-refractivity contribution in [2.45, 2.75) is 25.3 Å². The van der Waals surface area contributed by atoms with Gasteiger partial charge in [0, 0.05) is 24.3 Å². The summed E-state index contributed by atoms with van der Waals surface area (Å²) in [5.41, 5.74) is 4.49. The zero-order valence-electron chi connectivity index (χ0n) is 12.3. The van der Waals surface area contributed by atoms with E-state index in [1.807, 2.05) is 28.8 Å². The van der Waals surface area contributed by atoms with E-state index >= 15 is 0 Å². The number of imidazole rings is 1. The molecule has 0 unspecified atom stereocenters. The van der Waals surface area contributed by atoms with Crippen molar-refractivity contribution in [3.8, 4) is 6.07 Å². The van der Waals surface area contributed by atoms with Gasteiger partial charge in [-0.05, 0) is 58.5 Å². The number of hydrogen-bond donors (Lipinski definition) is 1. The Morgan fingerprint density at radius 1 is 1.35 bits per heavy atom. The van der Waals surface area contributed by atoms with Gasteiger partial charge in [-0.25, -0.2) is 9.97 Å². The predicted octanol–water partition coefficient (Wildman–Crippen LogP) is 3.85. The summed E-state index contributed by atoms with van der Waals surface area (Å²) in [5, 5.41) is 12.7. The SMILES string of the molecule is N#Cc1cc(C2CC2)cn2cc(CNc3ccnc(Br)c3)nc12. The highest BCUT2D eigenvalue weighted by Crippen LogP contribution is 2.40. The van der Waals surface area contributed by atoms with Gasteiger partial charge in [-0.2, -0.15) is 5.26 Å². The van der Waals surface area contributed by atoms with Crippen molar-refractivity contribution in [3.63, 3.8) is 0 Å². The maximum atomic E-state index is 9.38. The molecule has 1 fully saturated rings. The van der Waals surface area contributed by atoms with Gasteiger partial charge in [-0.3, -0.25) is 0 Å². The number of pyridine rings is 2. The monoisotopic (exact) mass is 367 g/mol. The first-order valence-electron chi connectivity index (χ1n) is 7.50. The predicted molar refractivity (Wildman–Crippen MR) is 91.1 cm³/mol. The average Bonchev–Trinajstić information content (AvgIpc) is 3.32. The zero-order chi connectivity index (χ0) is 15.8. The van der Waals surface area contributed by atoms with Gasteiger partial charge in [0.15, 0.2) is 5.65 Å². The molecule has 0 bridgehead atoms. The molecule has 1 aliphatic carbocycles. The van der Waals surface area contributed by atoms with Gasteiger partial charge >= 0.3 is 0 Å². The minimum absolute atomic E-state index is 0.599. The van der Waals surface area contributed by atoms with E-state index in [1.165, 1.54) is 18.4 Å². The molecule has 3 aromatic rings. The Labute approximate surface area is 142 Å². The topological polar surface area (TPSA) is 66.0 Å². The third-order valence-electron chi connectivity index (χ3n) is 3.99. The second kappa shape index (κ2) is 5.67. The van der Waals surface area contributed by atoms with Crippen LogP contribution in [0.1, 0.15) is 35.6 Å². The van der Waals surface area contributed by atoms with Crippen LogP contribution in [-0.2, 0) is 6.54 Å². The van der Waals surface area contributed by atoms with E-state index in [4.69, 9.17) is 0 Å². The van der Waals surface area contributed by atoms with Gasteiger partial charge in [0.05, 0.1) is 17.8 Å². The lowest BCUT2D eigenvalue weighted by Gasteiger charge is -2.03. The van der Waals surface area contributed by atoms with Gasteiger partial charge in [-0.15, -0.1) is 0 Å². The molecule has 114 valence electrons. The number of nitrogens with one attached hydrogen (secondary N) is 1. The largest absolute Gasteiger partial charge is 0.379 e. The summed E-state index contributed by atoms with van der Waals surface area (Å²) in [4.78, 5) is 8.70. The standard InChI is InChI=1S/C17H14BrN5/c18-16-6-14(3-4-20-16)21-8-15-10-23-9-13(11-1-2-11)5-12(7-19)17(23)22-15/h3-6,9-11H,1-2,8H2,(H,20,21). The molecule has 0 amide bonds. The Morgan fingerprint density at radius 3 is 2.96 bits per heavy atom. The first-order chi connectivity index (χ1) is 11.2. The van der Waals surface area contributed by atoms with Crippen LogP contribution >= 0.6 is 15.9 Å². The Bertz CT molecular complexity index is 920. The molecule has 0 atom stereocenters. The number of hydrogen-bond acceptors (Lipinski definition) is 4. The minimum atomic E-state index is 0.599. The minimum Gasteiger partial charge on any atom is -0.379 e. The number of fused-ring (bicyclic) bond motifs is 1. The molecule has 3 aromatic heterocycles. The number of rotatable bonds is 4. The molecule has 0 saturated heterocycles. The highest BCUT2D eigenvalue weighted by molar-refractivity contribution is 9.10. The Balaban J connectivity index is 1.62. The Kier molecular flexibility index (Phi) is 3.50. The molecule has 0 aromatic carbocycles. The van der Waals surface area contributed by atoms with E-state index < -0.39 is 0 Å². The quantitative estimate of drug-likeness (QED) is 0.711. The maximum absolute atomic E-state index is 9.38. The smallest absolute Gasteiger partial charge is 0.155 e. The van der Waals surface area contributed by atoms with Crippen molar-refractivity contribution >= 4 is 27.3 Å². The van der Waals surface area contributed by atoms with Crippen molar-refractivity contribution in [1.29, 1.82) is 5.26 Å². The highest BCUT2D eigenvalue weighted by atomic mass is 79.9. The van der Waals surface area contributed by atoms with E-state index in [0.29, 0.717) is 18.0 Å². The molecule has 5 nitrogen and oxygen atoms in total. The normalized spacial score (nSPS) is 13.9. The summed E-state index contributed by atoms with van der Waals surface area (Å²) in [5.74, 6) is 0.615. The van der Waals surface area contributed by atoms with Crippen LogP contribution in [0.4, 0.5) is 5.69 Å². The first kappa shape index (κ1) is 14.2. The van der Waals surface area contributed by atoms with E-state index in [-0.39, 0.29) is 0 Å². The fourth-order valence-electron chi connectivity index (χ4n) is 2.68. The fourth-order valence-corrected chi connectivity index (χ4v) is 3.05. The van der Waals surface area contributed by atoms with Gasteiger partial charge in [0.25, 0.3) is 0 Å². The summed E-state index contributed by atoms with van der Waals surface area (Å²) in [7, 11) is 0. The summed E-state index contributed by atoms with van der Waals surface area (Å²) < 4.78 is 2.77. The molecule has 0 radical (unpaired) electrons. The van der Waals surface area contributed by atoms with E-state index in [2.05, 4.69) is 43.5 Å². The number of halogens is 1. The van der Waals surface area contributed by atoms with Crippen LogP contribution in [0.15, 0.2) is 41.4 Å².